The van der Waals surface area contributed by atoms with Crippen LogP contribution in [-0.2, 0) is 0 Å². The fraction of sp³-hybridized carbons (Fsp3) is 0.350. The Balaban J connectivity index is 1.74. The number of anilines is 1. The minimum Gasteiger partial charge on any atom is -0.497 e. The Labute approximate surface area is 162 Å². The average molecular weight is 419 g/mol. The fourth-order valence-electron chi connectivity index (χ4n) is 3.16. The van der Waals surface area contributed by atoms with Gasteiger partial charge in [0.25, 0.3) is 5.91 Å². The summed E-state index contributed by atoms with van der Waals surface area (Å²) in [5.41, 5.74) is 1.69. The van der Waals surface area contributed by atoms with Gasteiger partial charge in [-0.2, -0.15) is 0 Å². The van der Waals surface area contributed by atoms with Gasteiger partial charge in [0, 0.05) is 18.1 Å². The van der Waals surface area contributed by atoms with Gasteiger partial charge in [0.05, 0.1) is 31.5 Å². The molecule has 1 heterocycles. The van der Waals surface area contributed by atoms with E-state index < -0.39 is 0 Å². The molecule has 138 valence electrons. The minimum atomic E-state index is -0.0804. The van der Waals surface area contributed by atoms with Crippen molar-refractivity contribution in [2.75, 3.05) is 38.7 Å². The number of benzene rings is 2. The molecule has 0 fully saturated rings. The number of methoxy groups -OCH3 is 1. The largest absolute Gasteiger partial charge is 0.497 e. The first-order chi connectivity index (χ1) is 12.5. The summed E-state index contributed by atoms with van der Waals surface area (Å²) in [7, 11) is 3.39. The number of likely N-dealkylation sites (N-methyl/N-ethyl adjacent to an activating group) is 2. The molecule has 0 aromatic heterocycles. The van der Waals surface area contributed by atoms with Crippen LogP contribution >= 0.6 is 15.9 Å². The van der Waals surface area contributed by atoms with Gasteiger partial charge in [0.15, 0.2) is 0 Å². The van der Waals surface area contributed by atoms with Crippen molar-refractivity contribution in [3.8, 4) is 11.5 Å². The highest BCUT2D eigenvalue weighted by Crippen LogP contribution is 2.33. The molecule has 6 heteroatoms. The first-order valence-corrected chi connectivity index (χ1v) is 9.42. The molecule has 2 aromatic carbocycles. The van der Waals surface area contributed by atoms with Gasteiger partial charge in [-0.3, -0.25) is 4.79 Å². The smallest absolute Gasteiger partial charge is 0.255 e. The van der Waals surface area contributed by atoms with E-state index in [9.17, 15) is 4.79 Å². The van der Waals surface area contributed by atoms with E-state index in [2.05, 4.69) is 33.8 Å². The molecule has 1 amide bonds. The molecule has 3 rings (SSSR count). The molecule has 0 saturated carbocycles. The number of para-hydroxylation sites is 2. The summed E-state index contributed by atoms with van der Waals surface area (Å²) in [6.07, 6.45) is -0.0804. The summed E-state index contributed by atoms with van der Waals surface area (Å²) in [5, 5.41) is 0. The highest BCUT2D eigenvalue weighted by atomic mass is 79.9. The Morgan fingerprint density at radius 1 is 1.35 bits per heavy atom. The van der Waals surface area contributed by atoms with Crippen molar-refractivity contribution in [2.24, 2.45) is 0 Å². The van der Waals surface area contributed by atoms with Crippen molar-refractivity contribution in [2.45, 2.75) is 13.0 Å². The molecular formula is C20H23BrN2O3. The highest BCUT2D eigenvalue weighted by Gasteiger charge is 2.27. The maximum absolute atomic E-state index is 12.9. The topological polar surface area (TPSA) is 42.0 Å². The van der Waals surface area contributed by atoms with Crippen molar-refractivity contribution >= 4 is 27.5 Å². The van der Waals surface area contributed by atoms with E-state index >= 15 is 0 Å². The van der Waals surface area contributed by atoms with E-state index in [0.717, 1.165) is 29.0 Å². The molecule has 0 aliphatic carbocycles. The quantitative estimate of drug-likeness (QED) is 0.739. The highest BCUT2D eigenvalue weighted by molar-refractivity contribution is 9.10. The van der Waals surface area contributed by atoms with Gasteiger partial charge in [-0.1, -0.05) is 12.1 Å². The predicted molar refractivity (Wildman–Crippen MR) is 106 cm³/mol. The molecule has 0 bridgehead atoms. The first-order valence-electron chi connectivity index (χ1n) is 8.63. The Morgan fingerprint density at radius 3 is 2.85 bits per heavy atom. The van der Waals surface area contributed by atoms with Gasteiger partial charge < -0.3 is 19.3 Å². The lowest BCUT2D eigenvalue weighted by Crippen LogP contribution is -2.46. The maximum Gasteiger partial charge on any atom is 0.255 e. The Morgan fingerprint density at radius 2 is 2.12 bits per heavy atom. The zero-order valence-corrected chi connectivity index (χ0v) is 16.8. The monoisotopic (exact) mass is 418 g/mol. The van der Waals surface area contributed by atoms with E-state index in [4.69, 9.17) is 9.47 Å². The predicted octanol–water partition coefficient (Wildman–Crippen LogP) is 3.82. The van der Waals surface area contributed by atoms with Crippen LogP contribution in [0.5, 0.6) is 11.5 Å². The van der Waals surface area contributed by atoms with Crippen LogP contribution in [0.1, 0.15) is 17.3 Å². The number of carbonyl (C=O) groups is 1. The lowest BCUT2D eigenvalue weighted by Gasteiger charge is -2.37. The number of halogens is 1. The third-order valence-electron chi connectivity index (χ3n) is 4.53. The number of hydrogen-bond acceptors (Lipinski definition) is 4. The fourth-order valence-corrected chi connectivity index (χ4v) is 3.58. The second kappa shape index (κ2) is 7.99. The standard InChI is InChI=1S/C20H23BrN2O3/c1-4-23-13-15(26-19-8-6-5-7-18(19)23)12-22(2)20(24)16-11-14(25-3)9-10-17(16)21/h5-11,15H,4,12-13H2,1-3H3. The van der Waals surface area contributed by atoms with Crippen molar-refractivity contribution in [3.63, 3.8) is 0 Å². The van der Waals surface area contributed by atoms with Crippen LogP contribution in [0.15, 0.2) is 46.9 Å². The average Bonchev–Trinajstić information content (AvgIpc) is 2.67. The molecule has 2 aromatic rings. The van der Waals surface area contributed by atoms with Crippen molar-refractivity contribution < 1.29 is 14.3 Å². The molecule has 5 nitrogen and oxygen atoms in total. The molecule has 26 heavy (non-hydrogen) atoms. The number of fused-ring (bicyclic) bond motifs is 1. The summed E-state index contributed by atoms with van der Waals surface area (Å²) >= 11 is 3.45. The van der Waals surface area contributed by atoms with Gasteiger partial charge in [0.1, 0.15) is 17.6 Å². The molecule has 0 saturated heterocycles. The first kappa shape index (κ1) is 18.6. The number of carbonyl (C=O) groups excluding carboxylic acids is 1. The Bertz CT molecular complexity index is 796. The van der Waals surface area contributed by atoms with Crippen LogP contribution < -0.4 is 14.4 Å². The van der Waals surface area contributed by atoms with Gasteiger partial charge in [-0.15, -0.1) is 0 Å². The molecular weight excluding hydrogens is 396 g/mol. The van der Waals surface area contributed by atoms with Crippen molar-refractivity contribution in [1.82, 2.24) is 4.90 Å². The number of nitrogens with zero attached hydrogens (tertiary/aromatic N) is 2. The van der Waals surface area contributed by atoms with Crippen LogP contribution in [-0.4, -0.2) is 50.7 Å². The van der Waals surface area contributed by atoms with E-state index in [-0.39, 0.29) is 12.0 Å². The van der Waals surface area contributed by atoms with Crippen LogP contribution in [0.2, 0.25) is 0 Å². The van der Waals surface area contributed by atoms with Crippen LogP contribution in [0.25, 0.3) is 0 Å². The SMILES string of the molecule is CCN1CC(CN(C)C(=O)c2cc(OC)ccc2Br)Oc2ccccc21. The second-order valence-corrected chi connectivity index (χ2v) is 7.13. The van der Waals surface area contributed by atoms with Gasteiger partial charge in [-0.25, -0.2) is 0 Å². The van der Waals surface area contributed by atoms with E-state index in [1.54, 1.807) is 25.1 Å². The van der Waals surface area contributed by atoms with Gasteiger partial charge >= 0.3 is 0 Å². The molecule has 0 radical (unpaired) electrons. The molecule has 0 spiro atoms. The van der Waals surface area contributed by atoms with E-state index in [1.165, 1.54) is 0 Å². The Kier molecular flexibility index (Phi) is 5.71. The summed E-state index contributed by atoms with van der Waals surface area (Å²) in [4.78, 5) is 16.9. The molecule has 1 aliphatic rings. The summed E-state index contributed by atoms with van der Waals surface area (Å²) < 4.78 is 12.1. The zero-order valence-electron chi connectivity index (χ0n) is 15.2. The van der Waals surface area contributed by atoms with Gasteiger partial charge in [-0.05, 0) is 53.2 Å². The summed E-state index contributed by atoms with van der Waals surface area (Å²) in [6.45, 7) is 4.29. The van der Waals surface area contributed by atoms with Crippen LogP contribution in [0.4, 0.5) is 5.69 Å². The third-order valence-corrected chi connectivity index (χ3v) is 5.22. The van der Waals surface area contributed by atoms with Crippen LogP contribution in [0, 0.1) is 0 Å². The minimum absolute atomic E-state index is 0.0683. The lowest BCUT2D eigenvalue weighted by atomic mass is 10.1. The number of hydrogen-bond donors (Lipinski definition) is 0. The third kappa shape index (κ3) is 3.80. The number of ether oxygens (including phenoxy) is 2. The Hall–Kier alpha value is -2.21. The van der Waals surface area contributed by atoms with Crippen molar-refractivity contribution in [1.29, 1.82) is 0 Å². The normalized spacial score (nSPS) is 15.8. The zero-order chi connectivity index (χ0) is 18.7. The summed E-state index contributed by atoms with van der Waals surface area (Å²) in [5.74, 6) is 1.46. The number of rotatable bonds is 5. The lowest BCUT2D eigenvalue weighted by molar-refractivity contribution is 0.0708. The summed E-state index contributed by atoms with van der Waals surface area (Å²) in [6, 6.07) is 13.4. The number of amides is 1. The van der Waals surface area contributed by atoms with Crippen molar-refractivity contribution in [3.05, 3.63) is 52.5 Å². The van der Waals surface area contributed by atoms with Gasteiger partial charge in [0.2, 0.25) is 0 Å². The molecule has 1 unspecified atom stereocenters. The molecule has 0 N–H and O–H groups in total. The van der Waals surface area contributed by atoms with E-state index in [1.807, 2.05) is 30.3 Å². The maximum atomic E-state index is 12.9. The molecule has 1 atom stereocenters. The van der Waals surface area contributed by atoms with E-state index in [0.29, 0.717) is 17.9 Å². The molecule has 1 aliphatic heterocycles. The second-order valence-electron chi connectivity index (χ2n) is 6.28. The van der Waals surface area contributed by atoms with Crippen LogP contribution in [0.3, 0.4) is 0 Å².